The molecule has 0 atom stereocenters. The number of ether oxygens (including phenoxy) is 1. The molecule has 0 radical (unpaired) electrons. The standard InChI is InChI=1S/C22H22ClNO3/c1-3-4-7-15-11-20(25)27-22-14(2)21-16(10-17(15)22)12-24(13-26-21)19-9-6-5-8-18(19)23/h5-6,8-11H,3-4,7,12-13H2,1-2H3. The van der Waals surface area contributed by atoms with E-state index < -0.39 is 0 Å². The highest BCUT2D eigenvalue weighted by molar-refractivity contribution is 6.33. The lowest BCUT2D eigenvalue weighted by Gasteiger charge is -2.32. The number of nitrogens with zero attached hydrogens (tertiary/aromatic N) is 1. The van der Waals surface area contributed by atoms with Crippen molar-refractivity contribution < 1.29 is 9.15 Å². The van der Waals surface area contributed by atoms with Crippen LogP contribution in [0.15, 0.2) is 45.6 Å². The van der Waals surface area contributed by atoms with Gasteiger partial charge in [-0.05, 0) is 43.5 Å². The summed E-state index contributed by atoms with van der Waals surface area (Å²) in [6.07, 6.45) is 2.98. The lowest BCUT2D eigenvalue weighted by molar-refractivity contribution is 0.287. The maximum Gasteiger partial charge on any atom is 0.336 e. The summed E-state index contributed by atoms with van der Waals surface area (Å²) in [4.78, 5) is 14.1. The van der Waals surface area contributed by atoms with Gasteiger partial charge in [0.2, 0.25) is 0 Å². The summed E-state index contributed by atoms with van der Waals surface area (Å²) in [5.41, 5.74) is 4.30. The van der Waals surface area contributed by atoms with E-state index in [1.54, 1.807) is 6.07 Å². The summed E-state index contributed by atoms with van der Waals surface area (Å²) in [5, 5.41) is 1.71. The molecule has 0 unspecified atom stereocenters. The number of rotatable bonds is 4. The molecule has 0 N–H and O–H groups in total. The van der Waals surface area contributed by atoms with E-state index in [2.05, 4.69) is 17.9 Å². The SMILES string of the molecule is CCCCc1cc(=O)oc2c(C)c3c(cc12)CN(c1ccccc1Cl)CO3. The zero-order valence-corrected chi connectivity index (χ0v) is 16.3. The fourth-order valence-corrected chi connectivity index (χ4v) is 3.98. The third-order valence-electron chi connectivity index (χ3n) is 5.10. The molecule has 4 rings (SSSR count). The van der Waals surface area contributed by atoms with E-state index in [0.717, 1.165) is 52.8 Å². The number of anilines is 1. The third kappa shape index (κ3) is 3.30. The van der Waals surface area contributed by atoms with Crippen LogP contribution in [0.1, 0.15) is 36.5 Å². The highest BCUT2D eigenvalue weighted by Gasteiger charge is 2.24. The van der Waals surface area contributed by atoms with Crippen LogP contribution in [0.25, 0.3) is 11.0 Å². The van der Waals surface area contributed by atoms with E-state index in [0.29, 0.717) is 23.9 Å². The molecule has 0 bridgehead atoms. The molecule has 2 heterocycles. The van der Waals surface area contributed by atoms with Crippen LogP contribution in [0.3, 0.4) is 0 Å². The van der Waals surface area contributed by atoms with Gasteiger partial charge >= 0.3 is 5.63 Å². The summed E-state index contributed by atoms with van der Waals surface area (Å²) < 4.78 is 11.6. The Morgan fingerprint density at radius 3 is 2.81 bits per heavy atom. The van der Waals surface area contributed by atoms with Gasteiger partial charge in [-0.2, -0.15) is 0 Å². The van der Waals surface area contributed by atoms with Crippen molar-refractivity contribution in [3.63, 3.8) is 0 Å². The van der Waals surface area contributed by atoms with Gasteiger partial charge in [0, 0.05) is 29.1 Å². The zero-order chi connectivity index (χ0) is 19.0. The topological polar surface area (TPSA) is 42.7 Å². The highest BCUT2D eigenvalue weighted by atomic mass is 35.5. The van der Waals surface area contributed by atoms with E-state index in [4.69, 9.17) is 20.8 Å². The number of hydrogen-bond donors (Lipinski definition) is 0. The van der Waals surface area contributed by atoms with Crippen LogP contribution in [0.2, 0.25) is 5.02 Å². The van der Waals surface area contributed by atoms with Crippen molar-refractivity contribution in [2.24, 2.45) is 0 Å². The van der Waals surface area contributed by atoms with Gasteiger partial charge in [0.25, 0.3) is 0 Å². The van der Waals surface area contributed by atoms with E-state index in [1.807, 2.05) is 31.2 Å². The van der Waals surface area contributed by atoms with Crippen molar-refractivity contribution in [2.45, 2.75) is 39.7 Å². The van der Waals surface area contributed by atoms with Crippen LogP contribution >= 0.6 is 11.6 Å². The minimum atomic E-state index is -0.301. The van der Waals surface area contributed by atoms with Gasteiger partial charge in [0.1, 0.15) is 11.3 Å². The maximum absolute atomic E-state index is 12.0. The predicted octanol–water partition coefficient (Wildman–Crippen LogP) is 5.45. The second kappa shape index (κ2) is 7.28. The van der Waals surface area contributed by atoms with Gasteiger partial charge in [0.05, 0.1) is 10.7 Å². The Morgan fingerprint density at radius 1 is 1.22 bits per heavy atom. The number of fused-ring (bicyclic) bond motifs is 2. The molecular weight excluding hydrogens is 362 g/mol. The smallest absolute Gasteiger partial charge is 0.336 e. The van der Waals surface area contributed by atoms with E-state index in [9.17, 15) is 4.79 Å². The summed E-state index contributed by atoms with van der Waals surface area (Å²) in [7, 11) is 0. The summed E-state index contributed by atoms with van der Waals surface area (Å²) in [5.74, 6) is 0.807. The highest BCUT2D eigenvalue weighted by Crippen LogP contribution is 2.38. The van der Waals surface area contributed by atoms with Gasteiger partial charge in [-0.1, -0.05) is 37.1 Å². The Bertz CT molecular complexity index is 1060. The number of unbranched alkanes of at least 4 members (excludes halogenated alkanes) is 1. The second-order valence-corrected chi connectivity index (χ2v) is 7.39. The molecule has 27 heavy (non-hydrogen) atoms. The summed E-state index contributed by atoms with van der Waals surface area (Å²) in [6.45, 7) is 5.21. The van der Waals surface area contributed by atoms with Crippen molar-refractivity contribution in [3.8, 4) is 5.75 Å². The van der Waals surface area contributed by atoms with Gasteiger partial charge < -0.3 is 14.1 Å². The van der Waals surface area contributed by atoms with Gasteiger partial charge in [-0.25, -0.2) is 4.79 Å². The minimum Gasteiger partial charge on any atom is -0.472 e. The minimum absolute atomic E-state index is 0.301. The van der Waals surface area contributed by atoms with Crippen LogP contribution in [-0.4, -0.2) is 6.73 Å². The molecule has 0 saturated carbocycles. The van der Waals surface area contributed by atoms with Crippen LogP contribution in [0.5, 0.6) is 5.75 Å². The fourth-order valence-electron chi connectivity index (χ4n) is 3.72. The van der Waals surface area contributed by atoms with Crippen LogP contribution in [0, 0.1) is 6.92 Å². The lowest BCUT2D eigenvalue weighted by Crippen LogP contribution is -2.32. The first-order valence-electron chi connectivity index (χ1n) is 9.30. The Kier molecular flexibility index (Phi) is 4.83. The Labute approximate surface area is 163 Å². The van der Waals surface area contributed by atoms with E-state index in [-0.39, 0.29) is 5.63 Å². The average molecular weight is 384 g/mol. The summed E-state index contributed by atoms with van der Waals surface area (Å²) in [6, 6.07) is 11.5. The zero-order valence-electron chi connectivity index (χ0n) is 15.5. The second-order valence-electron chi connectivity index (χ2n) is 6.98. The summed E-state index contributed by atoms with van der Waals surface area (Å²) >= 11 is 6.36. The number of hydrogen-bond acceptors (Lipinski definition) is 4. The first kappa shape index (κ1) is 17.9. The third-order valence-corrected chi connectivity index (χ3v) is 5.42. The molecule has 1 aromatic heterocycles. The first-order chi connectivity index (χ1) is 13.1. The first-order valence-corrected chi connectivity index (χ1v) is 9.67. The maximum atomic E-state index is 12.0. The van der Waals surface area contributed by atoms with E-state index >= 15 is 0 Å². The molecular formula is C22H22ClNO3. The van der Waals surface area contributed by atoms with Gasteiger partial charge in [-0.15, -0.1) is 0 Å². The van der Waals surface area contributed by atoms with Gasteiger partial charge in [0.15, 0.2) is 6.73 Å². The molecule has 140 valence electrons. The average Bonchev–Trinajstić information content (AvgIpc) is 2.67. The van der Waals surface area contributed by atoms with Crippen molar-refractivity contribution >= 4 is 28.3 Å². The van der Waals surface area contributed by atoms with E-state index in [1.165, 1.54) is 0 Å². The Balaban J connectivity index is 1.81. The van der Waals surface area contributed by atoms with Crippen LogP contribution < -0.4 is 15.3 Å². The van der Waals surface area contributed by atoms with Crippen LogP contribution in [-0.2, 0) is 13.0 Å². The molecule has 3 aromatic rings. The molecule has 0 fully saturated rings. The quantitative estimate of drug-likeness (QED) is 0.561. The molecule has 0 saturated heterocycles. The number of halogens is 1. The molecule has 0 spiro atoms. The monoisotopic (exact) mass is 383 g/mol. The molecule has 1 aliphatic heterocycles. The number of aryl methyl sites for hydroxylation is 2. The molecule has 0 amide bonds. The largest absolute Gasteiger partial charge is 0.472 e. The molecule has 1 aliphatic rings. The van der Waals surface area contributed by atoms with Crippen molar-refractivity contribution in [2.75, 3.05) is 11.6 Å². The predicted molar refractivity (Wildman–Crippen MR) is 109 cm³/mol. The molecule has 2 aromatic carbocycles. The molecule has 4 nitrogen and oxygen atoms in total. The normalized spacial score (nSPS) is 13.5. The lowest BCUT2D eigenvalue weighted by atomic mass is 9.98. The number of para-hydroxylation sites is 1. The van der Waals surface area contributed by atoms with Gasteiger partial charge in [-0.3, -0.25) is 0 Å². The van der Waals surface area contributed by atoms with Crippen molar-refractivity contribution in [1.29, 1.82) is 0 Å². The Morgan fingerprint density at radius 2 is 2.04 bits per heavy atom. The van der Waals surface area contributed by atoms with Crippen molar-refractivity contribution in [1.82, 2.24) is 0 Å². The molecule has 0 aliphatic carbocycles. The Hall–Kier alpha value is -2.46. The molecule has 5 heteroatoms. The fraction of sp³-hybridized carbons (Fsp3) is 0.318. The number of benzene rings is 2. The van der Waals surface area contributed by atoms with Crippen molar-refractivity contribution in [3.05, 3.63) is 68.5 Å². The van der Waals surface area contributed by atoms with Crippen LogP contribution in [0.4, 0.5) is 5.69 Å².